The van der Waals surface area contributed by atoms with Crippen LogP contribution in [0.5, 0.6) is 11.5 Å². The van der Waals surface area contributed by atoms with Gasteiger partial charge < -0.3 is 24.6 Å². The number of nitrogens with one attached hydrogen (secondary N) is 1. The van der Waals surface area contributed by atoms with E-state index in [0.29, 0.717) is 34.9 Å². The molecule has 9 nitrogen and oxygen atoms in total. The van der Waals surface area contributed by atoms with Crippen LogP contribution in [-0.2, 0) is 21.2 Å². The maximum Gasteiger partial charge on any atom is 0.257 e. The maximum atomic E-state index is 13.6. The minimum atomic E-state index is -3.44. The molecule has 1 unspecified atom stereocenters. The van der Waals surface area contributed by atoms with Gasteiger partial charge in [-0.05, 0) is 50.3 Å². The first-order chi connectivity index (χ1) is 16.0. The monoisotopic (exact) mass is 525 g/mol. The van der Waals surface area contributed by atoms with Gasteiger partial charge in [-0.2, -0.15) is 0 Å². The lowest BCUT2D eigenvalue weighted by molar-refractivity contribution is -0.116. The molecule has 0 spiro atoms. The van der Waals surface area contributed by atoms with E-state index in [1.807, 2.05) is 13.0 Å². The molecule has 0 saturated carbocycles. The molecule has 2 aromatic rings. The van der Waals surface area contributed by atoms with Gasteiger partial charge in [0.1, 0.15) is 9.84 Å². The molecule has 2 aromatic carbocycles. The standard InChI is InChI=1S/C24H31N3O6S.ClH/c1-6-33-21-12-16(10-11-20(21)32-4)19(15-34(5,30)31)27-13-17-8-7-9-18(23(17)24(27)29)25-22(28)14-26(2)3;/h7-12,19H,6,13-15H2,1-5H3,(H,25,28);1H. The molecule has 192 valence electrons. The summed E-state index contributed by atoms with van der Waals surface area (Å²) in [6.07, 6.45) is 1.15. The Balaban J connectivity index is 0.00000432. The van der Waals surface area contributed by atoms with E-state index in [1.54, 1.807) is 49.3 Å². The Morgan fingerprint density at radius 3 is 2.51 bits per heavy atom. The van der Waals surface area contributed by atoms with Gasteiger partial charge in [-0.3, -0.25) is 9.59 Å². The molecular weight excluding hydrogens is 494 g/mol. The molecule has 0 saturated heterocycles. The number of nitrogens with zero attached hydrogens (tertiary/aromatic N) is 2. The quantitative estimate of drug-likeness (QED) is 0.508. The fraction of sp³-hybridized carbons (Fsp3) is 0.417. The number of likely N-dealkylation sites (N-methyl/N-ethyl adjacent to an activating group) is 1. The lowest BCUT2D eigenvalue weighted by Gasteiger charge is -2.28. The third-order valence-corrected chi connectivity index (χ3v) is 6.33. The highest BCUT2D eigenvalue weighted by Gasteiger charge is 2.37. The first-order valence-corrected chi connectivity index (χ1v) is 13.0. The van der Waals surface area contributed by atoms with Crippen LogP contribution in [0.1, 0.15) is 34.5 Å². The van der Waals surface area contributed by atoms with Crippen molar-refractivity contribution in [1.82, 2.24) is 9.80 Å². The fourth-order valence-electron chi connectivity index (χ4n) is 4.04. The van der Waals surface area contributed by atoms with E-state index in [2.05, 4.69) is 5.32 Å². The Hall–Kier alpha value is -2.82. The lowest BCUT2D eigenvalue weighted by atomic mass is 10.1. The molecule has 0 aromatic heterocycles. The van der Waals surface area contributed by atoms with Crippen molar-refractivity contribution in [1.29, 1.82) is 0 Å². The van der Waals surface area contributed by atoms with E-state index >= 15 is 0 Å². The molecule has 0 fully saturated rings. The van der Waals surface area contributed by atoms with Crippen LogP contribution >= 0.6 is 12.4 Å². The molecule has 3 rings (SSSR count). The number of amides is 2. The van der Waals surface area contributed by atoms with Crippen molar-refractivity contribution in [3.63, 3.8) is 0 Å². The molecule has 11 heteroatoms. The smallest absolute Gasteiger partial charge is 0.257 e. The molecule has 1 N–H and O–H groups in total. The second-order valence-electron chi connectivity index (χ2n) is 8.51. The molecule has 0 radical (unpaired) electrons. The van der Waals surface area contributed by atoms with Crippen LogP contribution in [0.15, 0.2) is 36.4 Å². The van der Waals surface area contributed by atoms with Crippen LogP contribution in [-0.4, -0.2) is 76.4 Å². The molecule has 1 heterocycles. The van der Waals surface area contributed by atoms with Gasteiger partial charge in [-0.25, -0.2) is 8.42 Å². The summed E-state index contributed by atoms with van der Waals surface area (Å²) in [4.78, 5) is 29.2. The number of ether oxygens (including phenoxy) is 2. The zero-order valence-corrected chi connectivity index (χ0v) is 22.2. The number of hydrogen-bond acceptors (Lipinski definition) is 7. The highest BCUT2D eigenvalue weighted by atomic mass is 35.5. The number of fused-ring (bicyclic) bond motifs is 1. The van der Waals surface area contributed by atoms with E-state index in [0.717, 1.165) is 11.8 Å². The van der Waals surface area contributed by atoms with Crippen LogP contribution in [0.3, 0.4) is 0 Å². The van der Waals surface area contributed by atoms with Crippen molar-refractivity contribution in [2.24, 2.45) is 0 Å². The average molecular weight is 526 g/mol. The summed E-state index contributed by atoms with van der Waals surface area (Å²) >= 11 is 0. The second-order valence-corrected chi connectivity index (χ2v) is 10.7. The highest BCUT2D eigenvalue weighted by molar-refractivity contribution is 7.90. The zero-order valence-electron chi connectivity index (χ0n) is 20.5. The van der Waals surface area contributed by atoms with Crippen LogP contribution < -0.4 is 14.8 Å². The highest BCUT2D eigenvalue weighted by Crippen LogP contribution is 2.38. The van der Waals surface area contributed by atoms with E-state index in [9.17, 15) is 18.0 Å². The summed E-state index contributed by atoms with van der Waals surface area (Å²) in [7, 11) is 1.64. The molecule has 2 amide bonds. The van der Waals surface area contributed by atoms with Gasteiger partial charge in [0.15, 0.2) is 11.5 Å². The van der Waals surface area contributed by atoms with Gasteiger partial charge in [0.05, 0.1) is 43.3 Å². The Morgan fingerprint density at radius 2 is 1.91 bits per heavy atom. The molecular formula is C24H32ClN3O6S. The van der Waals surface area contributed by atoms with E-state index in [4.69, 9.17) is 9.47 Å². The van der Waals surface area contributed by atoms with Crippen molar-refractivity contribution < 1.29 is 27.5 Å². The minimum absolute atomic E-state index is 0. The maximum absolute atomic E-state index is 13.6. The number of sulfone groups is 1. The van der Waals surface area contributed by atoms with Gasteiger partial charge >= 0.3 is 0 Å². The second kappa shape index (κ2) is 11.7. The Bertz CT molecular complexity index is 1190. The van der Waals surface area contributed by atoms with Gasteiger partial charge in [0, 0.05) is 12.8 Å². The molecule has 1 atom stereocenters. The summed E-state index contributed by atoms with van der Waals surface area (Å²) < 4.78 is 35.7. The molecule has 1 aliphatic rings. The summed E-state index contributed by atoms with van der Waals surface area (Å²) in [6, 6.07) is 9.68. The normalized spacial score (nSPS) is 13.8. The molecule has 0 aliphatic carbocycles. The Morgan fingerprint density at radius 1 is 1.20 bits per heavy atom. The summed E-state index contributed by atoms with van der Waals surface area (Å²) in [5.41, 5.74) is 2.14. The Kier molecular flexibility index (Phi) is 9.53. The van der Waals surface area contributed by atoms with E-state index in [1.165, 1.54) is 12.0 Å². The van der Waals surface area contributed by atoms with E-state index < -0.39 is 15.9 Å². The van der Waals surface area contributed by atoms with Gasteiger partial charge in [-0.1, -0.05) is 18.2 Å². The summed E-state index contributed by atoms with van der Waals surface area (Å²) in [6.45, 7) is 2.64. The van der Waals surface area contributed by atoms with Crippen LogP contribution in [0.4, 0.5) is 5.69 Å². The molecule has 1 aliphatic heterocycles. The number of hydrogen-bond donors (Lipinski definition) is 1. The largest absolute Gasteiger partial charge is 0.493 e. The van der Waals surface area contributed by atoms with Crippen LogP contribution in [0.2, 0.25) is 0 Å². The first-order valence-electron chi connectivity index (χ1n) is 10.9. The molecule has 35 heavy (non-hydrogen) atoms. The number of carbonyl (C=O) groups excluding carboxylic acids is 2. The summed E-state index contributed by atoms with van der Waals surface area (Å²) in [5.74, 6) is 0.159. The number of carbonyl (C=O) groups is 2. The first kappa shape index (κ1) is 28.4. The number of benzene rings is 2. The van der Waals surface area contributed by atoms with Crippen molar-refractivity contribution in [2.45, 2.75) is 19.5 Å². The Labute approximate surface area is 212 Å². The topological polar surface area (TPSA) is 105 Å². The van der Waals surface area contributed by atoms with Crippen molar-refractivity contribution in [3.05, 3.63) is 53.1 Å². The van der Waals surface area contributed by atoms with Crippen LogP contribution in [0.25, 0.3) is 0 Å². The zero-order chi connectivity index (χ0) is 25.0. The van der Waals surface area contributed by atoms with E-state index in [-0.39, 0.29) is 43.1 Å². The SMILES string of the molecule is CCOc1cc(C(CS(C)(=O)=O)N2Cc3cccc(NC(=O)CN(C)C)c3C2=O)ccc1OC.Cl. The number of halogens is 1. The third-order valence-electron chi connectivity index (χ3n) is 5.41. The lowest BCUT2D eigenvalue weighted by Crippen LogP contribution is -2.34. The van der Waals surface area contributed by atoms with Gasteiger partial charge in [-0.15, -0.1) is 12.4 Å². The summed E-state index contributed by atoms with van der Waals surface area (Å²) in [5, 5.41) is 2.81. The predicted octanol–water partition coefficient (Wildman–Crippen LogP) is 2.76. The number of methoxy groups -OCH3 is 1. The third kappa shape index (κ3) is 6.87. The van der Waals surface area contributed by atoms with Gasteiger partial charge in [0.2, 0.25) is 5.91 Å². The predicted molar refractivity (Wildman–Crippen MR) is 137 cm³/mol. The minimum Gasteiger partial charge on any atom is -0.493 e. The number of anilines is 1. The van der Waals surface area contributed by atoms with Crippen molar-refractivity contribution >= 4 is 39.7 Å². The average Bonchev–Trinajstić information content (AvgIpc) is 3.08. The number of rotatable bonds is 10. The van der Waals surface area contributed by atoms with Crippen LogP contribution in [0, 0.1) is 0 Å². The van der Waals surface area contributed by atoms with Gasteiger partial charge in [0.25, 0.3) is 5.91 Å². The van der Waals surface area contributed by atoms with Crippen molar-refractivity contribution in [3.8, 4) is 11.5 Å². The van der Waals surface area contributed by atoms with Crippen molar-refractivity contribution in [2.75, 3.05) is 51.7 Å². The molecule has 0 bridgehead atoms. The fourth-order valence-corrected chi connectivity index (χ4v) is 4.98.